The number of aliphatic imine (C=N–C) groups is 1. The van der Waals surface area contributed by atoms with Gasteiger partial charge in [0.25, 0.3) is 0 Å². The van der Waals surface area contributed by atoms with Gasteiger partial charge < -0.3 is 10.2 Å². The highest BCUT2D eigenvalue weighted by molar-refractivity contribution is 6.42. The van der Waals surface area contributed by atoms with Crippen molar-refractivity contribution in [2.75, 3.05) is 13.1 Å². The number of carbonyl (C=O) groups excluding carboxylic acids is 2. The molecule has 1 aliphatic rings. The molecular formula is C19H20Cl3N3O2. The molecule has 0 bridgehead atoms. The highest BCUT2D eigenvalue weighted by Crippen LogP contribution is 2.36. The van der Waals surface area contributed by atoms with Crippen LogP contribution in [0.15, 0.2) is 46.2 Å². The Bertz CT molecular complexity index is 793. The number of carbonyl (C=O) groups is 2. The van der Waals surface area contributed by atoms with Crippen LogP contribution in [0.3, 0.4) is 0 Å². The van der Waals surface area contributed by atoms with Gasteiger partial charge >= 0.3 is 11.8 Å². The number of allylic oxidation sites excluding steroid dienone is 3. The maximum Gasteiger partial charge on any atom is 0.315 e. The smallest absolute Gasteiger partial charge is 0.315 e. The molecule has 1 fully saturated rings. The minimum atomic E-state index is -0.756. The van der Waals surface area contributed by atoms with E-state index in [0.29, 0.717) is 41.0 Å². The van der Waals surface area contributed by atoms with Crippen LogP contribution in [-0.2, 0) is 9.59 Å². The third-order valence-electron chi connectivity index (χ3n) is 4.28. The minimum Gasteiger partial charge on any atom is -0.334 e. The van der Waals surface area contributed by atoms with Crippen molar-refractivity contribution in [1.82, 2.24) is 10.2 Å². The van der Waals surface area contributed by atoms with Crippen LogP contribution < -0.4 is 5.32 Å². The fourth-order valence-electron chi connectivity index (χ4n) is 2.87. The van der Waals surface area contributed by atoms with Gasteiger partial charge in [-0.3, -0.25) is 9.59 Å². The van der Waals surface area contributed by atoms with Gasteiger partial charge in [-0.15, -0.1) is 0 Å². The Morgan fingerprint density at radius 3 is 2.52 bits per heavy atom. The molecule has 1 aromatic carbocycles. The van der Waals surface area contributed by atoms with Crippen molar-refractivity contribution >= 4 is 53.3 Å². The topological polar surface area (TPSA) is 61.8 Å². The van der Waals surface area contributed by atoms with Gasteiger partial charge in [-0.05, 0) is 56.2 Å². The second kappa shape index (κ2) is 9.93. The average Bonchev–Trinajstić information content (AvgIpc) is 2.66. The molecule has 1 saturated heterocycles. The molecular weight excluding hydrogens is 409 g/mol. The molecule has 1 aromatic rings. The van der Waals surface area contributed by atoms with E-state index in [4.69, 9.17) is 34.8 Å². The van der Waals surface area contributed by atoms with Crippen molar-refractivity contribution < 1.29 is 9.59 Å². The van der Waals surface area contributed by atoms with Gasteiger partial charge in [0.05, 0.1) is 10.0 Å². The largest absolute Gasteiger partial charge is 0.334 e. The second-order valence-corrected chi connectivity index (χ2v) is 7.51. The molecule has 27 heavy (non-hydrogen) atoms. The van der Waals surface area contributed by atoms with Crippen molar-refractivity contribution in [1.29, 1.82) is 0 Å². The van der Waals surface area contributed by atoms with E-state index in [1.807, 2.05) is 12.1 Å². The Balaban J connectivity index is 1.97. The van der Waals surface area contributed by atoms with Gasteiger partial charge in [0.1, 0.15) is 5.82 Å². The van der Waals surface area contributed by atoms with E-state index >= 15 is 0 Å². The molecule has 0 radical (unpaired) electrons. The zero-order valence-corrected chi connectivity index (χ0v) is 17.1. The zero-order chi connectivity index (χ0) is 20.0. The van der Waals surface area contributed by atoms with E-state index in [1.165, 1.54) is 11.0 Å². The predicted octanol–water partition coefficient (Wildman–Crippen LogP) is 4.50. The summed E-state index contributed by atoms with van der Waals surface area (Å²) in [7, 11) is 0. The molecule has 0 unspecified atom stereocenters. The highest BCUT2D eigenvalue weighted by atomic mass is 35.5. The van der Waals surface area contributed by atoms with Crippen LogP contribution in [-0.4, -0.2) is 36.5 Å². The number of halogens is 3. The first-order chi connectivity index (χ1) is 12.8. The van der Waals surface area contributed by atoms with Crippen LogP contribution in [0.25, 0.3) is 0 Å². The summed E-state index contributed by atoms with van der Waals surface area (Å²) in [6, 6.07) is 5.56. The van der Waals surface area contributed by atoms with Gasteiger partial charge in [-0.2, -0.15) is 0 Å². The van der Waals surface area contributed by atoms with Crippen molar-refractivity contribution in [3.63, 3.8) is 0 Å². The van der Waals surface area contributed by atoms with Crippen LogP contribution in [0.4, 0.5) is 0 Å². The monoisotopic (exact) mass is 427 g/mol. The number of piperidine rings is 1. The maximum atomic E-state index is 12.4. The van der Waals surface area contributed by atoms with E-state index in [0.717, 1.165) is 5.56 Å². The van der Waals surface area contributed by atoms with Crippen molar-refractivity contribution in [2.24, 2.45) is 4.99 Å². The lowest BCUT2D eigenvalue weighted by atomic mass is 9.89. The van der Waals surface area contributed by atoms with Gasteiger partial charge in [-0.25, -0.2) is 4.99 Å². The predicted molar refractivity (Wildman–Crippen MR) is 110 cm³/mol. The Morgan fingerprint density at radius 1 is 1.26 bits per heavy atom. The summed E-state index contributed by atoms with van der Waals surface area (Å²) in [4.78, 5) is 29.8. The molecule has 0 aromatic heterocycles. The molecule has 1 aliphatic heterocycles. The molecule has 2 rings (SSSR count). The zero-order valence-electron chi connectivity index (χ0n) is 14.8. The summed E-state index contributed by atoms with van der Waals surface area (Å²) in [6.45, 7) is 5.97. The van der Waals surface area contributed by atoms with E-state index < -0.39 is 11.8 Å². The number of nitrogens with one attached hydrogen (secondary N) is 1. The Kier molecular flexibility index (Phi) is 7.90. The fraction of sp³-hybridized carbons (Fsp3) is 0.316. The molecule has 0 atom stereocenters. The minimum absolute atomic E-state index is 0.161. The number of rotatable bonds is 4. The third-order valence-corrected chi connectivity index (χ3v) is 5.24. The lowest BCUT2D eigenvalue weighted by Crippen LogP contribution is -2.45. The van der Waals surface area contributed by atoms with Crippen molar-refractivity contribution in [2.45, 2.75) is 25.7 Å². The molecule has 0 aliphatic carbocycles. The van der Waals surface area contributed by atoms with Gasteiger partial charge in [0, 0.05) is 18.1 Å². The van der Waals surface area contributed by atoms with Crippen LogP contribution in [0, 0.1) is 0 Å². The highest BCUT2D eigenvalue weighted by Gasteiger charge is 2.29. The first kappa shape index (κ1) is 21.5. The number of benzene rings is 1. The standard InChI is InChI=1S/C19H20Cl3N3O2/c1-12(20)6-7-16(23-2)24-18(26)19(27)25-10-8-13(9-11-25)14-4-3-5-15(21)17(14)22/h3-7,13H,2,8-11H2,1H3,(H,24,26)/b12-6+,16-7+. The molecule has 8 heteroatoms. The molecule has 5 nitrogen and oxygen atoms in total. The second-order valence-electron chi connectivity index (χ2n) is 6.13. The molecule has 144 valence electrons. The fourth-order valence-corrected chi connectivity index (χ4v) is 3.40. The number of likely N-dealkylation sites (tertiary alicyclic amines) is 1. The van der Waals surface area contributed by atoms with Crippen LogP contribution in [0.2, 0.25) is 10.0 Å². The Hall–Kier alpha value is -1.82. The maximum absolute atomic E-state index is 12.4. The Labute approximate surface area is 173 Å². The molecule has 2 amide bonds. The third kappa shape index (κ3) is 5.83. The van der Waals surface area contributed by atoms with E-state index in [1.54, 1.807) is 19.1 Å². The van der Waals surface area contributed by atoms with Crippen molar-refractivity contribution in [3.05, 3.63) is 56.8 Å². The van der Waals surface area contributed by atoms with Crippen LogP contribution in [0.5, 0.6) is 0 Å². The molecule has 0 spiro atoms. The average molecular weight is 429 g/mol. The summed E-state index contributed by atoms with van der Waals surface area (Å²) < 4.78 is 0. The Morgan fingerprint density at radius 2 is 1.93 bits per heavy atom. The van der Waals surface area contributed by atoms with Crippen LogP contribution >= 0.6 is 34.8 Å². The molecule has 0 saturated carbocycles. The lowest BCUT2D eigenvalue weighted by molar-refractivity contribution is -0.146. The van der Waals surface area contributed by atoms with E-state index in [-0.39, 0.29) is 11.7 Å². The van der Waals surface area contributed by atoms with Gasteiger partial charge in [0.15, 0.2) is 0 Å². The summed E-state index contributed by atoms with van der Waals surface area (Å²) in [5, 5.41) is 4.02. The van der Waals surface area contributed by atoms with E-state index in [2.05, 4.69) is 17.0 Å². The van der Waals surface area contributed by atoms with Gasteiger partial charge in [-0.1, -0.05) is 46.9 Å². The number of nitrogens with zero attached hydrogens (tertiary/aromatic N) is 2. The lowest BCUT2D eigenvalue weighted by Gasteiger charge is -2.32. The molecule has 1 N–H and O–H groups in total. The van der Waals surface area contributed by atoms with Crippen molar-refractivity contribution in [3.8, 4) is 0 Å². The van der Waals surface area contributed by atoms with Crippen LogP contribution in [0.1, 0.15) is 31.2 Å². The number of hydrogen-bond acceptors (Lipinski definition) is 3. The first-order valence-electron chi connectivity index (χ1n) is 8.38. The van der Waals surface area contributed by atoms with Gasteiger partial charge in [0.2, 0.25) is 0 Å². The number of hydrogen-bond donors (Lipinski definition) is 1. The first-order valence-corrected chi connectivity index (χ1v) is 9.51. The normalized spacial score (nSPS) is 16.2. The SMILES string of the molecule is C=N/C(=C\C=C(/C)Cl)NC(=O)C(=O)N1CCC(c2cccc(Cl)c2Cl)CC1. The number of amides is 2. The quantitative estimate of drug-likeness (QED) is 0.436. The summed E-state index contributed by atoms with van der Waals surface area (Å²) >= 11 is 18.1. The molecule has 1 heterocycles. The summed E-state index contributed by atoms with van der Waals surface area (Å²) in [5.74, 6) is -1.00. The summed E-state index contributed by atoms with van der Waals surface area (Å²) in [6.07, 6.45) is 4.44. The summed E-state index contributed by atoms with van der Waals surface area (Å²) in [5.41, 5.74) is 0.977. The van der Waals surface area contributed by atoms with E-state index in [9.17, 15) is 9.59 Å².